The number of nitrogens with one attached hydrogen (secondary N) is 4. The molecule has 1 heterocycles. The summed E-state index contributed by atoms with van der Waals surface area (Å²) in [5.41, 5.74) is 5.09. The van der Waals surface area contributed by atoms with Crippen molar-refractivity contribution in [1.82, 2.24) is 21.5 Å². The summed E-state index contributed by atoms with van der Waals surface area (Å²) in [4.78, 5) is 23.8. The molecule has 0 atom stereocenters. The summed E-state index contributed by atoms with van der Waals surface area (Å²) in [5.74, 6) is -0.609. The van der Waals surface area contributed by atoms with Gasteiger partial charge in [-0.05, 0) is 36.5 Å². The van der Waals surface area contributed by atoms with Crippen LogP contribution in [0.5, 0.6) is 0 Å². The zero-order chi connectivity index (χ0) is 15.1. The normalized spacial score (nSPS) is 14.5. The van der Waals surface area contributed by atoms with E-state index < -0.39 is 0 Å². The molecule has 1 aromatic rings. The monoisotopic (exact) mass is 326 g/mol. The van der Waals surface area contributed by atoms with Crippen molar-refractivity contribution in [1.29, 1.82) is 0 Å². The quantitative estimate of drug-likeness (QED) is 0.488. The van der Waals surface area contributed by atoms with Crippen molar-refractivity contribution in [2.45, 2.75) is 31.7 Å². The van der Waals surface area contributed by atoms with E-state index in [2.05, 4.69) is 21.5 Å². The third-order valence-electron chi connectivity index (χ3n) is 3.16. The van der Waals surface area contributed by atoms with Crippen LogP contribution in [0.2, 0.25) is 0 Å². The van der Waals surface area contributed by atoms with Gasteiger partial charge in [0.1, 0.15) is 0 Å². The molecule has 2 rings (SSSR count). The van der Waals surface area contributed by atoms with E-state index in [-0.39, 0.29) is 18.4 Å². The first-order valence-corrected chi connectivity index (χ1v) is 8.11. The van der Waals surface area contributed by atoms with Gasteiger partial charge in [0.15, 0.2) is 5.11 Å². The lowest BCUT2D eigenvalue weighted by atomic mass is 10.3. The van der Waals surface area contributed by atoms with Crippen LogP contribution in [0.25, 0.3) is 0 Å². The molecule has 1 aromatic heterocycles. The Morgan fingerprint density at radius 3 is 2.71 bits per heavy atom. The molecule has 1 aliphatic rings. The molecule has 114 valence electrons. The SMILES string of the molecule is O=C(CNC(=O)c1cccs1)NNC(=S)NC1CCCC1. The predicted octanol–water partition coefficient (Wildman–Crippen LogP) is 0.916. The van der Waals surface area contributed by atoms with Gasteiger partial charge in [-0.3, -0.25) is 20.4 Å². The summed E-state index contributed by atoms with van der Waals surface area (Å²) in [6, 6.07) is 3.88. The Bertz CT molecular complexity index is 498. The maximum Gasteiger partial charge on any atom is 0.261 e. The second-order valence-corrected chi connectivity index (χ2v) is 6.14. The highest BCUT2D eigenvalue weighted by atomic mass is 32.1. The number of rotatable bonds is 4. The summed E-state index contributed by atoms with van der Waals surface area (Å²) in [6.45, 7) is -0.101. The number of carbonyl (C=O) groups excluding carboxylic acids is 2. The highest BCUT2D eigenvalue weighted by Gasteiger charge is 2.15. The van der Waals surface area contributed by atoms with Crippen LogP contribution >= 0.6 is 23.6 Å². The fourth-order valence-corrected chi connectivity index (χ4v) is 2.98. The summed E-state index contributed by atoms with van der Waals surface area (Å²) in [7, 11) is 0. The van der Waals surface area contributed by atoms with Crippen molar-refractivity contribution in [2.75, 3.05) is 6.54 Å². The Kier molecular flexibility index (Phi) is 5.94. The highest BCUT2D eigenvalue weighted by Crippen LogP contribution is 2.17. The molecule has 1 saturated carbocycles. The standard InChI is InChI=1S/C13H18N4O2S2/c18-11(8-14-12(19)10-6-3-7-21-10)16-17-13(20)15-9-4-1-2-5-9/h3,6-7,9H,1-2,4-5,8H2,(H,14,19)(H,16,18)(H2,15,17,20). The van der Waals surface area contributed by atoms with Gasteiger partial charge >= 0.3 is 0 Å². The van der Waals surface area contributed by atoms with E-state index in [1.165, 1.54) is 24.2 Å². The van der Waals surface area contributed by atoms with Gasteiger partial charge in [0.05, 0.1) is 11.4 Å². The van der Waals surface area contributed by atoms with Crippen LogP contribution in [0.4, 0.5) is 0 Å². The summed E-state index contributed by atoms with van der Waals surface area (Å²) >= 11 is 6.42. The summed E-state index contributed by atoms with van der Waals surface area (Å²) < 4.78 is 0. The Morgan fingerprint density at radius 1 is 1.29 bits per heavy atom. The molecule has 1 aliphatic carbocycles. The van der Waals surface area contributed by atoms with E-state index in [4.69, 9.17) is 12.2 Å². The van der Waals surface area contributed by atoms with E-state index in [9.17, 15) is 9.59 Å². The molecule has 2 amide bonds. The molecule has 6 nitrogen and oxygen atoms in total. The van der Waals surface area contributed by atoms with Crippen molar-refractivity contribution in [3.63, 3.8) is 0 Å². The second kappa shape index (κ2) is 7.94. The van der Waals surface area contributed by atoms with Crippen LogP contribution in [-0.4, -0.2) is 29.5 Å². The molecular formula is C13H18N4O2S2. The Morgan fingerprint density at radius 2 is 2.05 bits per heavy atom. The maximum atomic E-state index is 11.6. The minimum absolute atomic E-state index is 0.101. The lowest BCUT2D eigenvalue weighted by Gasteiger charge is -2.16. The third-order valence-corrected chi connectivity index (χ3v) is 4.25. The molecule has 0 spiro atoms. The van der Waals surface area contributed by atoms with Gasteiger partial charge in [-0.2, -0.15) is 0 Å². The maximum absolute atomic E-state index is 11.6. The number of amides is 2. The first-order chi connectivity index (χ1) is 10.1. The summed E-state index contributed by atoms with van der Waals surface area (Å²) in [6.07, 6.45) is 4.63. The number of thiophene rings is 1. The van der Waals surface area contributed by atoms with E-state index in [0.717, 1.165) is 12.8 Å². The van der Waals surface area contributed by atoms with E-state index in [1.54, 1.807) is 12.1 Å². The topological polar surface area (TPSA) is 82.3 Å². The van der Waals surface area contributed by atoms with Gasteiger partial charge in [0.2, 0.25) is 0 Å². The smallest absolute Gasteiger partial charge is 0.261 e. The van der Waals surface area contributed by atoms with Gasteiger partial charge in [-0.25, -0.2) is 0 Å². The molecule has 0 aromatic carbocycles. The minimum Gasteiger partial charge on any atom is -0.359 e. The molecule has 8 heteroatoms. The first-order valence-electron chi connectivity index (χ1n) is 6.82. The van der Waals surface area contributed by atoms with Gasteiger partial charge in [-0.1, -0.05) is 18.9 Å². The van der Waals surface area contributed by atoms with Gasteiger partial charge in [0.25, 0.3) is 11.8 Å². The zero-order valence-electron chi connectivity index (χ0n) is 11.5. The van der Waals surface area contributed by atoms with Crippen LogP contribution in [0.1, 0.15) is 35.4 Å². The zero-order valence-corrected chi connectivity index (χ0v) is 13.1. The molecular weight excluding hydrogens is 308 g/mol. The van der Waals surface area contributed by atoms with Crippen LogP contribution in [0.3, 0.4) is 0 Å². The number of thiocarbonyl (C=S) groups is 1. The predicted molar refractivity (Wildman–Crippen MR) is 85.9 cm³/mol. The number of hydrogen-bond donors (Lipinski definition) is 4. The molecule has 1 fully saturated rings. The lowest BCUT2D eigenvalue weighted by Crippen LogP contribution is -2.51. The molecule has 4 N–H and O–H groups in total. The number of carbonyl (C=O) groups is 2. The van der Waals surface area contributed by atoms with Crippen LogP contribution < -0.4 is 21.5 Å². The molecule has 0 unspecified atom stereocenters. The fraction of sp³-hybridized carbons (Fsp3) is 0.462. The van der Waals surface area contributed by atoms with Gasteiger partial charge in [0, 0.05) is 6.04 Å². The largest absolute Gasteiger partial charge is 0.359 e. The second-order valence-electron chi connectivity index (χ2n) is 4.79. The third kappa shape index (κ3) is 5.31. The first kappa shape index (κ1) is 15.7. The van der Waals surface area contributed by atoms with Crippen molar-refractivity contribution in [2.24, 2.45) is 0 Å². The molecule has 0 aliphatic heterocycles. The van der Waals surface area contributed by atoms with Crippen molar-refractivity contribution in [3.8, 4) is 0 Å². The van der Waals surface area contributed by atoms with Crippen LogP contribution in [0, 0.1) is 0 Å². The minimum atomic E-state index is -0.351. The Hall–Kier alpha value is -1.67. The van der Waals surface area contributed by atoms with E-state index in [1.807, 2.05) is 5.38 Å². The van der Waals surface area contributed by atoms with Crippen LogP contribution in [0.15, 0.2) is 17.5 Å². The highest BCUT2D eigenvalue weighted by molar-refractivity contribution is 7.80. The van der Waals surface area contributed by atoms with E-state index in [0.29, 0.717) is 16.0 Å². The summed E-state index contributed by atoms with van der Waals surface area (Å²) in [5, 5.41) is 7.89. The van der Waals surface area contributed by atoms with Crippen LogP contribution in [-0.2, 0) is 4.79 Å². The Labute approximate surface area is 132 Å². The van der Waals surface area contributed by atoms with Crippen molar-refractivity contribution < 1.29 is 9.59 Å². The van der Waals surface area contributed by atoms with Crippen molar-refractivity contribution >= 4 is 40.5 Å². The average Bonchev–Trinajstić information content (AvgIpc) is 3.15. The van der Waals surface area contributed by atoms with Gasteiger partial charge in [-0.15, -0.1) is 11.3 Å². The number of hydrogen-bond acceptors (Lipinski definition) is 4. The molecule has 0 saturated heterocycles. The fourth-order valence-electron chi connectivity index (χ4n) is 2.12. The average molecular weight is 326 g/mol. The number of hydrazine groups is 1. The molecule has 21 heavy (non-hydrogen) atoms. The lowest BCUT2D eigenvalue weighted by molar-refractivity contribution is -0.120. The molecule has 0 bridgehead atoms. The Balaban J connectivity index is 1.60. The van der Waals surface area contributed by atoms with Gasteiger partial charge < -0.3 is 10.6 Å². The van der Waals surface area contributed by atoms with E-state index >= 15 is 0 Å². The van der Waals surface area contributed by atoms with Crippen molar-refractivity contribution in [3.05, 3.63) is 22.4 Å². The molecule has 0 radical (unpaired) electrons.